The SMILES string of the molecule is Cc1cc(-c2cnc(Nc3cnn([C@H]4CC[C@H](CCO[Si](c5ccccc5)(c5ccccc5)C(C)(C)C)CC4)c3)c3nccn23)c(F)cc1F. The average molecular weight is 691 g/mol. The first kappa shape index (κ1) is 33.8. The zero-order valence-corrected chi connectivity index (χ0v) is 30.1. The van der Waals surface area contributed by atoms with Crippen molar-refractivity contribution in [3.8, 4) is 11.3 Å². The molecule has 0 radical (unpaired) electrons. The molecule has 3 aromatic carbocycles. The molecule has 1 aliphatic carbocycles. The fraction of sp³-hybridized carbons (Fsp3) is 0.325. The van der Waals surface area contributed by atoms with Crippen LogP contribution in [0, 0.1) is 24.5 Å². The number of benzene rings is 3. The Morgan fingerprint density at radius 1 is 0.880 bits per heavy atom. The third kappa shape index (κ3) is 6.49. The highest BCUT2D eigenvalue weighted by Crippen LogP contribution is 2.39. The van der Waals surface area contributed by atoms with Crippen LogP contribution >= 0.6 is 0 Å². The lowest BCUT2D eigenvalue weighted by atomic mass is 9.84. The molecule has 3 aromatic heterocycles. The van der Waals surface area contributed by atoms with Crippen LogP contribution in [0.3, 0.4) is 0 Å². The number of aromatic nitrogens is 5. The number of anilines is 2. The van der Waals surface area contributed by atoms with E-state index in [1.807, 2.05) is 12.4 Å². The zero-order valence-electron chi connectivity index (χ0n) is 29.1. The van der Waals surface area contributed by atoms with Gasteiger partial charge in [0.1, 0.15) is 11.6 Å². The molecule has 50 heavy (non-hydrogen) atoms. The minimum absolute atomic E-state index is 0.0280. The molecule has 10 heteroatoms. The van der Waals surface area contributed by atoms with Crippen molar-refractivity contribution in [1.29, 1.82) is 0 Å². The lowest BCUT2D eigenvalue weighted by Crippen LogP contribution is -2.66. The van der Waals surface area contributed by atoms with Gasteiger partial charge in [-0.25, -0.2) is 18.7 Å². The third-order valence-electron chi connectivity index (χ3n) is 10.3. The highest BCUT2D eigenvalue weighted by atomic mass is 28.4. The van der Waals surface area contributed by atoms with Crippen LogP contribution in [0.5, 0.6) is 0 Å². The van der Waals surface area contributed by atoms with Gasteiger partial charge in [0.05, 0.1) is 29.8 Å². The first-order chi connectivity index (χ1) is 24.1. The number of hydrogen-bond donors (Lipinski definition) is 1. The topological polar surface area (TPSA) is 69.3 Å². The largest absolute Gasteiger partial charge is 0.407 e. The normalized spacial score (nSPS) is 16.9. The molecule has 1 N–H and O–H groups in total. The van der Waals surface area contributed by atoms with Crippen LogP contribution in [-0.4, -0.2) is 39.1 Å². The summed E-state index contributed by atoms with van der Waals surface area (Å²) in [4.78, 5) is 9.04. The maximum absolute atomic E-state index is 14.7. The summed E-state index contributed by atoms with van der Waals surface area (Å²) in [6, 6.07) is 24.4. The van der Waals surface area contributed by atoms with Crippen molar-refractivity contribution in [3.63, 3.8) is 0 Å². The molecule has 0 aliphatic heterocycles. The lowest BCUT2D eigenvalue weighted by Gasteiger charge is -2.43. The van der Waals surface area contributed by atoms with Crippen molar-refractivity contribution >= 4 is 35.8 Å². The Balaban J connectivity index is 0.992. The molecule has 3 heterocycles. The second-order valence-electron chi connectivity index (χ2n) is 14.5. The van der Waals surface area contributed by atoms with Crippen LogP contribution in [0.2, 0.25) is 5.04 Å². The molecule has 7 nitrogen and oxygen atoms in total. The van der Waals surface area contributed by atoms with E-state index in [0.717, 1.165) is 50.5 Å². The molecule has 0 atom stereocenters. The van der Waals surface area contributed by atoms with E-state index in [1.165, 1.54) is 16.4 Å². The Morgan fingerprint density at radius 3 is 2.22 bits per heavy atom. The first-order valence-electron chi connectivity index (χ1n) is 17.5. The molecule has 258 valence electrons. The van der Waals surface area contributed by atoms with E-state index in [9.17, 15) is 8.78 Å². The number of nitrogens with zero attached hydrogens (tertiary/aromatic N) is 5. The van der Waals surface area contributed by atoms with Gasteiger partial charge in [-0.3, -0.25) is 9.08 Å². The van der Waals surface area contributed by atoms with Gasteiger partial charge in [-0.15, -0.1) is 0 Å². The molecular weight excluding hydrogens is 647 g/mol. The molecule has 0 amide bonds. The highest BCUT2D eigenvalue weighted by molar-refractivity contribution is 6.99. The van der Waals surface area contributed by atoms with Crippen LogP contribution in [0.25, 0.3) is 16.9 Å². The van der Waals surface area contributed by atoms with Crippen molar-refractivity contribution < 1.29 is 13.2 Å². The van der Waals surface area contributed by atoms with E-state index in [2.05, 4.69) is 101 Å². The standard InChI is InChI=1S/C40H44F2N6OSi/c1-28-23-34(36(42)24-35(28)41)37-26-44-38(39-43-20-21-47(37)39)46-30-25-45-48(27-30)31-17-15-29(16-18-31)19-22-49-50(40(2,3)4,32-11-7-5-8-12-32)33-13-9-6-10-14-33/h5-14,20-21,23-27,29,31H,15-19,22H2,1-4H3,(H,44,46)/t29-,31-. The van der Waals surface area contributed by atoms with Gasteiger partial charge >= 0.3 is 0 Å². The van der Waals surface area contributed by atoms with Gasteiger partial charge in [-0.1, -0.05) is 81.4 Å². The number of halogens is 2. The van der Waals surface area contributed by atoms with Crippen molar-refractivity contribution in [2.45, 2.75) is 70.9 Å². The Morgan fingerprint density at radius 2 is 1.56 bits per heavy atom. The van der Waals surface area contributed by atoms with E-state index < -0.39 is 20.0 Å². The van der Waals surface area contributed by atoms with Gasteiger partial charge in [-0.2, -0.15) is 5.10 Å². The second-order valence-corrected chi connectivity index (χ2v) is 18.8. The van der Waals surface area contributed by atoms with Crippen LogP contribution in [0.1, 0.15) is 64.5 Å². The molecule has 0 spiro atoms. The predicted molar refractivity (Wildman–Crippen MR) is 198 cm³/mol. The number of aryl methyl sites for hydroxylation is 1. The highest BCUT2D eigenvalue weighted by Gasteiger charge is 2.50. The van der Waals surface area contributed by atoms with Crippen LogP contribution < -0.4 is 15.7 Å². The van der Waals surface area contributed by atoms with Gasteiger partial charge in [-0.05, 0) is 72.0 Å². The van der Waals surface area contributed by atoms with Gasteiger partial charge in [0.15, 0.2) is 11.5 Å². The van der Waals surface area contributed by atoms with Crippen molar-refractivity contribution in [3.05, 3.63) is 121 Å². The molecule has 7 rings (SSSR count). The maximum atomic E-state index is 14.7. The van der Waals surface area contributed by atoms with Gasteiger partial charge < -0.3 is 9.74 Å². The van der Waals surface area contributed by atoms with Crippen LogP contribution in [0.15, 0.2) is 104 Å². The Labute approximate surface area is 293 Å². The summed E-state index contributed by atoms with van der Waals surface area (Å²) in [7, 11) is -2.53. The summed E-state index contributed by atoms with van der Waals surface area (Å²) < 4.78 is 39.7. The predicted octanol–water partition coefficient (Wildman–Crippen LogP) is 8.62. The lowest BCUT2D eigenvalue weighted by molar-refractivity contribution is 0.206. The monoisotopic (exact) mass is 690 g/mol. The first-order valence-corrected chi connectivity index (χ1v) is 19.4. The van der Waals surface area contributed by atoms with E-state index in [0.29, 0.717) is 34.7 Å². The third-order valence-corrected chi connectivity index (χ3v) is 15.3. The minimum Gasteiger partial charge on any atom is -0.407 e. The number of hydrogen-bond acceptors (Lipinski definition) is 5. The Bertz CT molecular complexity index is 2030. The van der Waals surface area contributed by atoms with E-state index in [1.54, 1.807) is 29.9 Å². The number of rotatable bonds is 10. The van der Waals surface area contributed by atoms with Crippen molar-refractivity contribution in [2.24, 2.45) is 5.92 Å². The molecule has 6 aromatic rings. The average Bonchev–Trinajstić information content (AvgIpc) is 3.80. The second kappa shape index (κ2) is 13.9. The fourth-order valence-corrected chi connectivity index (χ4v) is 12.2. The van der Waals surface area contributed by atoms with Crippen molar-refractivity contribution in [2.75, 3.05) is 11.9 Å². The summed E-state index contributed by atoms with van der Waals surface area (Å²) in [5.74, 6) is -0.0792. The zero-order chi connectivity index (χ0) is 34.9. The van der Waals surface area contributed by atoms with Gasteiger partial charge in [0, 0.05) is 36.8 Å². The Hall–Kier alpha value is -4.67. The Kier molecular flexibility index (Phi) is 9.41. The van der Waals surface area contributed by atoms with Crippen LogP contribution in [-0.2, 0) is 4.43 Å². The molecule has 1 aliphatic rings. The summed E-state index contributed by atoms with van der Waals surface area (Å²) >= 11 is 0. The quantitative estimate of drug-likeness (QED) is 0.146. The molecule has 0 unspecified atom stereocenters. The molecule has 1 fully saturated rings. The van der Waals surface area contributed by atoms with E-state index in [4.69, 9.17) is 9.52 Å². The maximum Gasteiger partial charge on any atom is 0.261 e. The molecule has 0 bridgehead atoms. The van der Waals surface area contributed by atoms with E-state index in [-0.39, 0.29) is 10.6 Å². The summed E-state index contributed by atoms with van der Waals surface area (Å²) in [6.45, 7) is 9.35. The van der Waals surface area contributed by atoms with Crippen LogP contribution in [0.4, 0.5) is 20.3 Å². The van der Waals surface area contributed by atoms with Gasteiger partial charge in [0.2, 0.25) is 0 Å². The number of nitrogens with one attached hydrogen (secondary N) is 1. The molecular formula is C40H44F2N6OSi. The summed E-state index contributed by atoms with van der Waals surface area (Å²) in [5.41, 5.74) is 2.47. The molecule has 1 saturated carbocycles. The summed E-state index contributed by atoms with van der Waals surface area (Å²) in [6.07, 6.45) is 14.2. The van der Waals surface area contributed by atoms with Gasteiger partial charge in [0.25, 0.3) is 8.32 Å². The minimum atomic E-state index is -2.53. The smallest absolute Gasteiger partial charge is 0.261 e. The van der Waals surface area contributed by atoms with Crippen molar-refractivity contribution in [1.82, 2.24) is 24.1 Å². The number of imidazole rings is 1. The van der Waals surface area contributed by atoms with E-state index >= 15 is 0 Å². The fourth-order valence-electron chi connectivity index (χ4n) is 7.64. The summed E-state index contributed by atoms with van der Waals surface area (Å²) in [5, 5.41) is 10.7. The molecule has 0 saturated heterocycles. The number of fused-ring (bicyclic) bond motifs is 1.